The number of rotatable bonds is 3. The molecule has 0 aliphatic heterocycles. The predicted molar refractivity (Wildman–Crippen MR) is 88.7 cm³/mol. The zero-order valence-corrected chi connectivity index (χ0v) is 13.2. The van der Waals surface area contributed by atoms with Crippen molar-refractivity contribution in [3.05, 3.63) is 75.9 Å². The molecule has 1 heterocycles. The Morgan fingerprint density at radius 1 is 1.10 bits per heavy atom. The molecule has 0 fully saturated rings. The molecule has 3 heteroatoms. The number of carbonyl (C=O) groups excluding carboxylic acids is 1. The monoisotopic (exact) mass is 339 g/mol. The van der Waals surface area contributed by atoms with Crippen LogP contribution in [0, 0.1) is 6.92 Å². The number of carbonyl (C=O) groups is 1. The van der Waals surface area contributed by atoms with Gasteiger partial charge in [0.05, 0.1) is 5.52 Å². The minimum atomic E-state index is 0.0377. The molecule has 0 N–H and O–H groups in total. The Hall–Kier alpha value is -2.00. The molecule has 1 aromatic heterocycles. The van der Waals surface area contributed by atoms with Crippen LogP contribution in [0.1, 0.15) is 21.6 Å². The van der Waals surface area contributed by atoms with E-state index in [1.54, 1.807) is 0 Å². The van der Waals surface area contributed by atoms with Gasteiger partial charge in [0.2, 0.25) is 0 Å². The molecule has 104 valence electrons. The quantitative estimate of drug-likeness (QED) is 0.645. The van der Waals surface area contributed by atoms with Crippen LogP contribution in [-0.2, 0) is 6.42 Å². The number of para-hydroxylation sites is 1. The molecule has 0 radical (unpaired) electrons. The van der Waals surface area contributed by atoms with Crippen LogP contribution < -0.4 is 0 Å². The maximum absolute atomic E-state index is 12.5. The fourth-order valence-electron chi connectivity index (χ4n) is 2.40. The second kappa shape index (κ2) is 5.78. The summed E-state index contributed by atoms with van der Waals surface area (Å²) >= 11 is 3.48. The second-order valence-electron chi connectivity index (χ2n) is 5.03. The average molecular weight is 340 g/mol. The molecule has 0 aliphatic rings. The van der Waals surface area contributed by atoms with Gasteiger partial charge in [0.1, 0.15) is 5.69 Å². The Kier molecular flexibility index (Phi) is 3.84. The molecule has 2 aromatic carbocycles. The largest absolute Gasteiger partial charge is 0.292 e. The molecule has 0 bridgehead atoms. The summed E-state index contributed by atoms with van der Waals surface area (Å²) in [7, 11) is 0. The average Bonchev–Trinajstić information content (AvgIpc) is 2.49. The number of fused-ring (bicyclic) bond motifs is 1. The Morgan fingerprint density at radius 2 is 1.81 bits per heavy atom. The van der Waals surface area contributed by atoms with Gasteiger partial charge in [0.15, 0.2) is 5.78 Å². The maximum Gasteiger partial charge on any atom is 0.185 e. The molecule has 0 saturated heterocycles. The molecule has 0 unspecified atom stereocenters. The van der Waals surface area contributed by atoms with E-state index < -0.39 is 0 Å². The highest BCUT2D eigenvalue weighted by Crippen LogP contribution is 2.20. The van der Waals surface area contributed by atoms with E-state index in [1.165, 1.54) is 0 Å². The van der Waals surface area contributed by atoms with E-state index in [9.17, 15) is 4.79 Å². The molecule has 0 spiro atoms. The maximum atomic E-state index is 12.5. The highest BCUT2D eigenvalue weighted by atomic mass is 79.9. The van der Waals surface area contributed by atoms with E-state index >= 15 is 0 Å². The van der Waals surface area contributed by atoms with Crippen LogP contribution in [0.2, 0.25) is 0 Å². The van der Waals surface area contributed by atoms with E-state index in [0.29, 0.717) is 12.1 Å². The topological polar surface area (TPSA) is 30.0 Å². The van der Waals surface area contributed by atoms with E-state index in [1.807, 2.05) is 61.5 Å². The van der Waals surface area contributed by atoms with Crippen molar-refractivity contribution < 1.29 is 4.79 Å². The summed E-state index contributed by atoms with van der Waals surface area (Å²) in [5.41, 5.74) is 3.46. The van der Waals surface area contributed by atoms with Gasteiger partial charge >= 0.3 is 0 Å². The van der Waals surface area contributed by atoms with Gasteiger partial charge in [-0.05, 0) is 36.2 Å². The lowest BCUT2D eigenvalue weighted by molar-refractivity contribution is 0.0988. The molecular formula is C18H14BrNO. The third kappa shape index (κ3) is 2.88. The number of hydrogen-bond donors (Lipinski definition) is 0. The Balaban J connectivity index is 1.97. The van der Waals surface area contributed by atoms with Crippen molar-refractivity contribution in [2.75, 3.05) is 0 Å². The minimum Gasteiger partial charge on any atom is -0.292 e. The van der Waals surface area contributed by atoms with Gasteiger partial charge in [-0.3, -0.25) is 4.79 Å². The van der Waals surface area contributed by atoms with Crippen molar-refractivity contribution >= 4 is 32.6 Å². The summed E-state index contributed by atoms with van der Waals surface area (Å²) < 4.78 is 0.955. The van der Waals surface area contributed by atoms with Crippen LogP contribution in [0.5, 0.6) is 0 Å². The van der Waals surface area contributed by atoms with Crippen LogP contribution in [0.25, 0.3) is 10.9 Å². The summed E-state index contributed by atoms with van der Waals surface area (Å²) in [5, 5.41) is 1.09. The normalized spacial score (nSPS) is 10.8. The number of aryl methyl sites for hydroxylation is 1. The molecule has 21 heavy (non-hydrogen) atoms. The third-order valence-electron chi connectivity index (χ3n) is 3.52. The van der Waals surface area contributed by atoms with Gasteiger partial charge in [0.25, 0.3) is 0 Å². The van der Waals surface area contributed by atoms with Gasteiger partial charge in [-0.2, -0.15) is 0 Å². The number of aromatic nitrogens is 1. The van der Waals surface area contributed by atoms with E-state index in [-0.39, 0.29) is 5.78 Å². The summed E-state index contributed by atoms with van der Waals surface area (Å²) in [6, 6.07) is 17.6. The zero-order valence-electron chi connectivity index (χ0n) is 11.6. The number of pyridine rings is 1. The second-order valence-corrected chi connectivity index (χ2v) is 5.89. The summed E-state index contributed by atoms with van der Waals surface area (Å²) in [4.78, 5) is 17.0. The predicted octanol–water partition coefficient (Wildman–Crippen LogP) is 4.73. The Morgan fingerprint density at radius 3 is 2.62 bits per heavy atom. The highest BCUT2D eigenvalue weighted by Gasteiger charge is 2.12. The van der Waals surface area contributed by atoms with E-state index in [2.05, 4.69) is 20.9 Å². The smallest absolute Gasteiger partial charge is 0.185 e. The number of benzene rings is 2. The first kappa shape index (κ1) is 14.0. The molecular weight excluding hydrogens is 326 g/mol. The summed E-state index contributed by atoms with van der Waals surface area (Å²) in [5.74, 6) is 0.0377. The fraction of sp³-hybridized carbons (Fsp3) is 0.111. The number of halogens is 1. The van der Waals surface area contributed by atoms with Crippen molar-refractivity contribution in [3.8, 4) is 0 Å². The summed E-state index contributed by atoms with van der Waals surface area (Å²) in [6.45, 7) is 2.01. The zero-order chi connectivity index (χ0) is 14.8. The number of hydrogen-bond acceptors (Lipinski definition) is 2. The number of ketones is 1. The molecule has 3 aromatic rings. The highest BCUT2D eigenvalue weighted by molar-refractivity contribution is 9.10. The van der Waals surface area contributed by atoms with E-state index in [4.69, 9.17) is 0 Å². The Labute approximate surface area is 132 Å². The third-order valence-corrected chi connectivity index (χ3v) is 4.29. The molecule has 0 aliphatic carbocycles. The van der Waals surface area contributed by atoms with Crippen LogP contribution >= 0.6 is 15.9 Å². The molecule has 3 rings (SSSR count). The fourth-order valence-corrected chi connectivity index (χ4v) is 2.82. The lowest BCUT2D eigenvalue weighted by Crippen LogP contribution is -2.07. The molecule has 2 nitrogen and oxygen atoms in total. The SMILES string of the molecule is Cc1cc(C(=O)Cc2ccccc2Br)nc2ccccc12. The first-order chi connectivity index (χ1) is 10.1. The number of nitrogens with zero attached hydrogens (tertiary/aromatic N) is 1. The van der Waals surface area contributed by atoms with Gasteiger partial charge in [-0.15, -0.1) is 0 Å². The minimum absolute atomic E-state index is 0.0377. The van der Waals surface area contributed by atoms with Gasteiger partial charge in [-0.1, -0.05) is 52.3 Å². The van der Waals surface area contributed by atoms with Gasteiger partial charge in [0, 0.05) is 16.3 Å². The standard InChI is InChI=1S/C18H14BrNO/c1-12-10-17(20-16-9-5-3-7-14(12)16)18(21)11-13-6-2-4-8-15(13)19/h2-10H,11H2,1H3. The van der Waals surface area contributed by atoms with Gasteiger partial charge < -0.3 is 0 Å². The van der Waals surface area contributed by atoms with Crippen molar-refractivity contribution in [2.45, 2.75) is 13.3 Å². The number of Topliss-reactive ketones (excluding diaryl/α,β-unsaturated/α-hetero) is 1. The molecule has 0 saturated carbocycles. The van der Waals surface area contributed by atoms with Crippen molar-refractivity contribution in [1.82, 2.24) is 4.98 Å². The lowest BCUT2D eigenvalue weighted by Gasteiger charge is -2.07. The first-order valence-corrected chi connectivity index (χ1v) is 7.57. The summed E-state index contributed by atoms with van der Waals surface area (Å²) in [6.07, 6.45) is 0.353. The first-order valence-electron chi connectivity index (χ1n) is 6.78. The molecule has 0 amide bonds. The van der Waals surface area contributed by atoms with Crippen molar-refractivity contribution in [3.63, 3.8) is 0 Å². The van der Waals surface area contributed by atoms with Crippen molar-refractivity contribution in [2.24, 2.45) is 0 Å². The lowest BCUT2D eigenvalue weighted by atomic mass is 10.0. The van der Waals surface area contributed by atoms with Crippen molar-refractivity contribution in [1.29, 1.82) is 0 Å². The van der Waals surface area contributed by atoms with Crippen LogP contribution in [-0.4, -0.2) is 10.8 Å². The van der Waals surface area contributed by atoms with Crippen LogP contribution in [0.3, 0.4) is 0 Å². The van der Waals surface area contributed by atoms with E-state index in [0.717, 1.165) is 26.5 Å². The van der Waals surface area contributed by atoms with Gasteiger partial charge in [-0.25, -0.2) is 4.98 Å². The van der Waals surface area contributed by atoms with Crippen LogP contribution in [0.4, 0.5) is 0 Å². The Bertz CT molecular complexity index is 826. The van der Waals surface area contributed by atoms with Crippen LogP contribution in [0.15, 0.2) is 59.1 Å². The molecule has 0 atom stereocenters.